The first-order valence-electron chi connectivity index (χ1n) is 5.35. The van der Waals surface area contributed by atoms with Gasteiger partial charge in [0.2, 0.25) is 11.8 Å². The number of aliphatic hydroxyl groups excluding tert-OH is 1. The second-order valence-corrected chi connectivity index (χ2v) is 3.84. The van der Waals surface area contributed by atoms with Crippen LogP contribution in [0.1, 0.15) is 26.2 Å². The van der Waals surface area contributed by atoms with Gasteiger partial charge in [-0.2, -0.15) is 0 Å². The summed E-state index contributed by atoms with van der Waals surface area (Å²) >= 11 is 0. The minimum atomic E-state index is -0.171. The number of nitrogens with one attached hydrogen (secondary N) is 2. The molecule has 1 heterocycles. The van der Waals surface area contributed by atoms with Gasteiger partial charge in [0.05, 0.1) is 18.6 Å². The molecule has 86 valence electrons. The van der Waals surface area contributed by atoms with Gasteiger partial charge in [-0.3, -0.25) is 9.59 Å². The first kappa shape index (κ1) is 12.0. The van der Waals surface area contributed by atoms with Crippen molar-refractivity contribution in [2.75, 3.05) is 13.2 Å². The monoisotopic (exact) mass is 214 g/mol. The largest absolute Gasteiger partial charge is 0.394 e. The maximum absolute atomic E-state index is 11.7. The summed E-state index contributed by atoms with van der Waals surface area (Å²) in [5.74, 6) is -0.215. The van der Waals surface area contributed by atoms with E-state index in [9.17, 15) is 9.59 Å². The summed E-state index contributed by atoms with van der Waals surface area (Å²) in [6.45, 7) is 2.28. The fourth-order valence-corrected chi connectivity index (χ4v) is 1.55. The molecular formula is C10H18N2O3. The first-order valence-corrected chi connectivity index (χ1v) is 5.35. The van der Waals surface area contributed by atoms with E-state index in [4.69, 9.17) is 5.11 Å². The van der Waals surface area contributed by atoms with E-state index < -0.39 is 0 Å². The molecule has 0 bridgehead atoms. The third kappa shape index (κ3) is 3.51. The highest BCUT2D eigenvalue weighted by molar-refractivity contribution is 5.83. The summed E-state index contributed by atoms with van der Waals surface area (Å²) in [5.41, 5.74) is 0. The normalized spacial score (nSPS) is 23.1. The highest BCUT2D eigenvalue weighted by Crippen LogP contribution is 2.11. The molecule has 0 aromatic carbocycles. The Labute approximate surface area is 89.2 Å². The first-order chi connectivity index (χ1) is 7.17. The average molecular weight is 214 g/mol. The average Bonchev–Trinajstić information content (AvgIpc) is 2.26. The summed E-state index contributed by atoms with van der Waals surface area (Å²) < 4.78 is 0. The fourth-order valence-electron chi connectivity index (χ4n) is 1.55. The maximum Gasteiger partial charge on any atom is 0.225 e. The van der Waals surface area contributed by atoms with Crippen molar-refractivity contribution in [2.45, 2.75) is 32.2 Å². The van der Waals surface area contributed by atoms with E-state index in [1.807, 2.05) is 6.92 Å². The van der Waals surface area contributed by atoms with Crippen molar-refractivity contribution >= 4 is 11.8 Å². The molecule has 3 N–H and O–H groups in total. The van der Waals surface area contributed by atoms with Crippen LogP contribution in [0.4, 0.5) is 0 Å². The van der Waals surface area contributed by atoms with Crippen molar-refractivity contribution in [3.05, 3.63) is 0 Å². The predicted molar refractivity (Wildman–Crippen MR) is 55.0 cm³/mol. The molecule has 0 aromatic rings. The number of piperidine rings is 1. The lowest BCUT2D eigenvalue weighted by atomic mass is 9.98. The van der Waals surface area contributed by atoms with Crippen LogP contribution in [0.3, 0.4) is 0 Å². The van der Waals surface area contributed by atoms with Gasteiger partial charge in [0.25, 0.3) is 0 Å². The van der Waals surface area contributed by atoms with Crippen LogP contribution < -0.4 is 10.6 Å². The molecule has 15 heavy (non-hydrogen) atoms. The van der Waals surface area contributed by atoms with Crippen molar-refractivity contribution in [2.24, 2.45) is 5.92 Å². The van der Waals surface area contributed by atoms with Gasteiger partial charge < -0.3 is 15.7 Å². The Bertz CT molecular complexity index is 229. The lowest BCUT2D eigenvalue weighted by Crippen LogP contribution is -2.46. The Morgan fingerprint density at radius 1 is 1.73 bits per heavy atom. The van der Waals surface area contributed by atoms with Crippen LogP contribution in [0, 0.1) is 5.92 Å². The molecule has 1 saturated heterocycles. The molecule has 0 aromatic heterocycles. The van der Waals surface area contributed by atoms with Crippen LogP contribution in [-0.4, -0.2) is 36.1 Å². The molecule has 5 nitrogen and oxygen atoms in total. The van der Waals surface area contributed by atoms with Gasteiger partial charge in [-0.05, 0) is 12.8 Å². The molecular weight excluding hydrogens is 196 g/mol. The Hall–Kier alpha value is -1.10. The van der Waals surface area contributed by atoms with E-state index in [2.05, 4.69) is 10.6 Å². The van der Waals surface area contributed by atoms with E-state index in [1.54, 1.807) is 0 Å². The quantitative estimate of drug-likeness (QED) is 0.584. The molecule has 5 heteroatoms. The molecule has 2 atom stereocenters. The van der Waals surface area contributed by atoms with Gasteiger partial charge in [0.1, 0.15) is 0 Å². The van der Waals surface area contributed by atoms with Gasteiger partial charge in [0, 0.05) is 13.0 Å². The summed E-state index contributed by atoms with van der Waals surface area (Å²) in [7, 11) is 0. The smallest absolute Gasteiger partial charge is 0.225 e. The van der Waals surface area contributed by atoms with Gasteiger partial charge in [-0.1, -0.05) is 6.92 Å². The van der Waals surface area contributed by atoms with Crippen molar-refractivity contribution in [1.82, 2.24) is 10.6 Å². The lowest BCUT2D eigenvalue weighted by molar-refractivity contribution is -0.129. The molecule has 1 aliphatic heterocycles. The Morgan fingerprint density at radius 2 is 2.47 bits per heavy atom. The summed E-state index contributed by atoms with van der Waals surface area (Å²) in [6.07, 6.45) is 1.72. The minimum Gasteiger partial charge on any atom is -0.394 e. The molecule has 2 amide bonds. The molecule has 1 rings (SSSR count). The number of hydrogen-bond acceptors (Lipinski definition) is 3. The van der Waals surface area contributed by atoms with E-state index >= 15 is 0 Å². The summed E-state index contributed by atoms with van der Waals surface area (Å²) in [4.78, 5) is 22.5. The highest BCUT2D eigenvalue weighted by atomic mass is 16.3. The third-order valence-corrected chi connectivity index (χ3v) is 2.70. The number of amides is 2. The molecule has 1 aliphatic rings. The fraction of sp³-hybridized carbons (Fsp3) is 0.800. The number of hydrogen-bond donors (Lipinski definition) is 3. The summed E-state index contributed by atoms with van der Waals surface area (Å²) in [5, 5.41) is 14.4. The zero-order valence-corrected chi connectivity index (χ0v) is 8.95. The Morgan fingerprint density at radius 3 is 2.93 bits per heavy atom. The van der Waals surface area contributed by atoms with E-state index in [1.165, 1.54) is 0 Å². The molecule has 0 radical (unpaired) electrons. The minimum absolute atomic E-state index is 0.00764. The van der Waals surface area contributed by atoms with E-state index in [0.717, 1.165) is 0 Å². The number of carbonyl (C=O) groups excluding carboxylic acids is 2. The SMILES string of the molecule is CC[C@H](CO)NC(=O)C1CCC(=O)NC1. The van der Waals surface area contributed by atoms with Crippen molar-refractivity contribution < 1.29 is 14.7 Å². The van der Waals surface area contributed by atoms with Crippen LogP contribution in [-0.2, 0) is 9.59 Å². The van der Waals surface area contributed by atoms with Crippen LogP contribution in [0.5, 0.6) is 0 Å². The number of carbonyl (C=O) groups is 2. The Balaban J connectivity index is 2.36. The second kappa shape index (κ2) is 5.70. The maximum atomic E-state index is 11.7. The molecule has 0 spiro atoms. The van der Waals surface area contributed by atoms with Crippen LogP contribution in [0.2, 0.25) is 0 Å². The van der Waals surface area contributed by atoms with Crippen LogP contribution in [0.25, 0.3) is 0 Å². The number of aliphatic hydroxyl groups is 1. The van der Waals surface area contributed by atoms with Crippen LogP contribution in [0.15, 0.2) is 0 Å². The standard InChI is InChI=1S/C10H18N2O3/c1-2-8(6-13)12-10(15)7-3-4-9(14)11-5-7/h7-8,13H,2-6H2,1H3,(H,11,14)(H,12,15)/t7?,8-/m1/s1. The van der Waals surface area contributed by atoms with Crippen molar-refractivity contribution in [1.29, 1.82) is 0 Å². The second-order valence-electron chi connectivity index (χ2n) is 3.84. The highest BCUT2D eigenvalue weighted by Gasteiger charge is 2.25. The van der Waals surface area contributed by atoms with Gasteiger partial charge in [-0.25, -0.2) is 0 Å². The zero-order valence-electron chi connectivity index (χ0n) is 8.95. The molecule has 1 fully saturated rings. The van der Waals surface area contributed by atoms with Crippen LogP contribution >= 0.6 is 0 Å². The van der Waals surface area contributed by atoms with E-state index in [0.29, 0.717) is 25.8 Å². The molecule has 1 unspecified atom stereocenters. The predicted octanol–water partition coefficient (Wildman–Crippen LogP) is -0.600. The topological polar surface area (TPSA) is 78.4 Å². The van der Waals surface area contributed by atoms with Crippen molar-refractivity contribution in [3.8, 4) is 0 Å². The van der Waals surface area contributed by atoms with Gasteiger partial charge in [0.15, 0.2) is 0 Å². The lowest BCUT2D eigenvalue weighted by Gasteiger charge is -2.23. The van der Waals surface area contributed by atoms with Gasteiger partial charge >= 0.3 is 0 Å². The van der Waals surface area contributed by atoms with Crippen molar-refractivity contribution in [3.63, 3.8) is 0 Å². The Kier molecular flexibility index (Phi) is 4.55. The summed E-state index contributed by atoms with van der Waals surface area (Å²) in [6, 6.07) is -0.171. The number of rotatable bonds is 4. The third-order valence-electron chi connectivity index (χ3n) is 2.70. The molecule has 0 aliphatic carbocycles. The zero-order chi connectivity index (χ0) is 11.3. The molecule has 0 saturated carbocycles. The van der Waals surface area contributed by atoms with E-state index in [-0.39, 0.29) is 30.4 Å². The van der Waals surface area contributed by atoms with Gasteiger partial charge in [-0.15, -0.1) is 0 Å².